The molecule has 0 spiro atoms. The van der Waals surface area contributed by atoms with Crippen LogP contribution < -0.4 is 5.32 Å². The zero-order valence-electron chi connectivity index (χ0n) is 10.6. The summed E-state index contributed by atoms with van der Waals surface area (Å²) in [4.78, 5) is 11.4. The monoisotopic (exact) mass is 244 g/mol. The standard InChI is InChI=1S/C14H16N2O2/c1-3-11-7-5-6-8-13(11)16-10-12(9-15)14(17)18-4-2/h5-8,10,16H,3-4H2,1-2H3/b12-10-. The van der Waals surface area contributed by atoms with Crippen LogP contribution >= 0.6 is 0 Å². The summed E-state index contributed by atoms with van der Waals surface area (Å²) in [7, 11) is 0. The first kappa shape index (κ1) is 13.8. The second-order valence-corrected chi connectivity index (χ2v) is 3.55. The molecule has 1 rings (SSSR count). The quantitative estimate of drug-likeness (QED) is 0.491. The van der Waals surface area contributed by atoms with Gasteiger partial charge in [-0.3, -0.25) is 0 Å². The van der Waals surface area contributed by atoms with Crippen LogP contribution in [0, 0.1) is 11.3 Å². The van der Waals surface area contributed by atoms with Gasteiger partial charge in [0.2, 0.25) is 0 Å². The van der Waals surface area contributed by atoms with Gasteiger partial charge in [-0.15, -0.1) is 0 Å². The fourth-order valence-electron chi connectivity index (χ4n) is 1.47. The number of aryl methyl sites for hydroxylation is 1. The zero-order valence-corrected chi connectivity index (χ0v) is 10.6. The van der Waals surface area contributed by atoms with Gasteiger partial charge in [0.1, 0.15) is 6.07 Å². The van der Waals surface area contributed by atoms with Crippen molar-refractivity contribution >= 4 is 11.7 Å². The average Bonchev–Trinajstić information content (AvgIpc) is 2.40. The maximum Gasteiger partial charge on any atom is 0.350 e. The second-order valence-electron chi connectivity index (χ2n) is 3.55. The third-order valence-electron chi connectivity index (χ3n) is 2.39. The normalized spacial score (nSPS) is 10.6. The van der Waals surface area contributed by atoms with E-state index in [1.54, 1.807) is 6.92 Å². The number of para-hydroxylation sites is 1. The van der Waals surface area contributed by atoms with Gasteiger partial charge >= 0.3 is 5.97 Å². The van der Waals surface area contributed by atoms with Crippen LogP contribution in [0.15, 0.2) is 36.0 Å². The minimum Gasteiger partial charge on any atom is -0.462 e. The number of nitriles is 1. The van der Waals surface area contributed by atoms with Crippen LogP contribution in [0.1, 0.15) is 19.4 Å². The Kier molecular flexibility index (Phi) is 5.46. The lowest BCUT2D eigenvalue weighted by Crippen LogP contribution is -2.08. The Morgan fingerprint density at radius 2 is 2.17 bits per heavy atom. The van der Waals surface area contributed by atoms with E-state index in [0.29, 0.717) is 0 Å². The molecule has 0 aliphatic rings. The lowest BCUT2D eigenvalue weighted by molar-refractivity contribution is -0.138. The van der Waals surface area contributed by atoms with Gasteiger partial charge in [0.15, 0.2) is 5.57 Å². The van der Waals surface area contributed by atoms with E-state index in [4.69, 9.17) is 10.00 Å². The fraction of sp³-hybridized carbons (Fsp3) is 0.286. The summed E-state index contributed by atoms with van der Waals surface area (Å²) < 4.78 is 4.77. The molecule has 1 aromatic rings. The molecule has 1 N–H and O–H groups in total. The highest BCUT2D eigenvalue weighted by Crippen LogP contribution is 2.15. The van der Waals surface area contributed by atoms with Crippen LogP contribution in [0.2, 0.25) is 0 Å². The number of carbonyl (C=O) groups excluding carboxylic acids is 1. The first-order valence-electron chi connectivity index (χ1n) is 5.84. The Morgan fingerprint density at radius 3 is 2.78 bits per heavy atom. The summed E-state index contributed by atoms with van der Waals surface area (Å²) in [6, 6.07) is 9.55. The molecule has 1 aromatic carbocycles. The van der Waals surface area contributed by atoms with Gasteiger partial charge in [-0.2, -0.15) is 5.26 Å². The van der Waals surface area contributed by atoms with E-state index >= 15 is 0 Å². The van der Waals surface area contributed by atoms with Gasteiger partial charge in [-0.05, 0) is 25.0 Å². The van der Waals surface area contributed by atoms with Gasteiger partial charge < -0.3 is 10.1 Å². The Bertz CT molecular complexity index is 487. The molecule has 0 unspecified atom stereocenters. The number of carbonyl (C=O) groups is 1. The van der Waals surface area contributed by atoms with Gasteiger partial charge in [0.25, 0.3) is 0 Å². The van der Waals surface area contributed by atoms with Gasteiger partial charge in [-0.1, -0.05) is 25.1 Å². The van der Waals surface area contributed by atoms with Gasteiger partial charge in [-0.25, -0.2) is 4.79 Å². The van der Waals surface area contributed by atoms with Crippen LogP contribution in [0.5, 0.6) is 0 Å². The van der Waals surface area contributed by atoms with Crippen LogP contribution in [-0.4, -0.2) is 12.6 Å². The number of hydrogen-bond acceptors (Lipinski definition) is 4. The Labute approximate surface area is 107 Å². The maximum absolute atomic E-state index is 11.4. The minimum atomic E-state index is -0.610. The van der Waals surface area contributed by atoms with Crippen molar-refractivity contribution in [1.29, 1.82) is 5.26 Å². The fourth-order valence-corrected chi connectivity index (χ4v) is 1.47. The SMILES string of the molecule is CCOC(=O)/C(C#N)=C\Nc1ccccc1CC. The van der Waals surface area contributed by atoms with E-state index in [-0.39, 0.29) is 12.2 Å². The molecular formula is C14H16N2O2. The molecule has 18 heavy (non-hydrogen) atoms. The predicted molar refractivity (Wildman–Crippen MR) is 69.8 cm³/mol. The van der Waals surface area contributed by atoms with E-state index in [9.17, 15) is 4.79 Å². The van der Waals surface area contributed by atoms with Crippen LogP contribution in [0.25, 0.3) is 0 Å². The molecule has 4 nitrogen and oxygen atoms in total. The van der Waals surface area contributed by atoms with Crippen molar-refractivity contribution in [3.8, 4) is 6.07 Å². The number of hydrogen-bond donors (Lipinski definition) is 1. The van der Waals surface area contributed by atoms with Crippen molar-refractivity contribution in [3.63, 3.8) is 0 Å². The summed E-state index contributed by atoms with van der Waals surface area (Å²) in [5.74, 6) is -0.610. The van der Waals surface area contributed by atoms with Crippen molar-refractivity contribution in [3.05, 3.63) is 41.6 Å². The summed E-state index contributed by atoms with van der Waals surface area (Å²) in [6.07, 6.45) is 2.25. The molecule has 94 valence electrons. The van der Waals surface area contributed by atoms with E-state index < -0.39 is 5.97 Å². The van der Waals surface area contributed by atoms with Gasteiger partial charge in [0.05, 0.1) is 6.61 Å². The third kappa shape index (κ3) is 3.63. The molecular weight excluding hydrogens is 228 g/mol. The molecule has 0 aliphatic heterocycles. The second kappa shape index (κ2) is 7.13. The smallest absolute Gasteiger partial charge is 0.350 e. The van der Waals surface area contributed by atoms with Gasteiger partial charge in [0, 0.05) is 11.9 Å². The van der Waals surface area contributed by atoms with Crippen molar-refractivity contribution in [2.75, 3.05) is 11.9 Å². The summed E-state index contributed by atoms with van der Waals surface area (Å²) in [6.45, 7) is 4.00. The van der Waals surface area contributed by atoms with E-state index in [2.05, 4.69) is 5.32 Å². The Hall–Kier alpha value is -2.28. The van der Waals surface area contributed by atoms with Crippen molar-refractivity contribution in [2.24, 2.45) is 0 Å². The molecule has 0 heterocycles. The van der Waals surface area contributed by atoms with Crippen LogP contribution in [-0.2, 0) is 16.0 Å². The molecule has 0 bridgehead atoms. The van der Waals surface area contributed by atoms with Crippen LogP contribution in [0.4, 0.5) is 5.69 Å². The minimum absolute atomic E-state index is 0.0391. The number of nitrogens with one attached hydrogen (secondary N) is 1. The number of benzene rings is 1. The molecule has 0 atom stereocenters. The highest BCUT2D eigenvalue weighted by atomic mass is 16.5. The molecule has 0 aromatic heterocycles. The zero-order chi connectivity index (χ0) is 13.4. The molecule has 0 amide bonds. The topological polar surface area (TPSA) is 62.1 Å². The lowest BCUT2D eigenvalue weighted by Gasteiger charge is -2.07. The molecule has 4 heteroatoms. The molecule has 0 fully saturated rings. The lowest BCUT2D eigenvalue weighted by atomic mass is 10.1. The maximum atomic E-state index is 11.4. The van der Waals surface area contributed by atoms with E-state index in [0.717, 1.165) is 17.7 Å². The number of esters is 1. The summed E-state index contributed by atoms with van der Waals surface area (Å²) >= 11 is 0. The van der Waals surface area contributed by atoms with E-state index in [1.165, 1.54) is 6.20 Å². The van der Waals surface area contributed by atoms with Crippen molar-refractivity contribution in [2.45, 2.75) is 20.3 Å². The predicted octanol–water partition coefficient (Wildman–Crippen LogP) is 2.63. The summed E-state index contributed by atoms with van der Waals surface area (Å²) in [5.41, 5.74) is 1.97. The number of rotatable bonds is 5. The highest BCUT2D eigenvalue weighted by Gasteiger charge is 2.09. The summed E-state index contributed by atoms with van der Waals surface area (Å²) in [5, 5.41) is 11.8. The first-order valence-corrected chi connectivity index (χ1v) is 5.84. The molecule has 0 aliphatic carbocycles. The van der Waals surface area contributed by atoms with Crippen molar-refractivity contribution in [1.82, 2.24) is 0 Å². The third-order valence-corrected chi connectivity index (χ3v) is 2.39. The average molecular weight is 244 g/mol. The number of nitrogens with zero attached hydrogens (tertiary/aromatic N) is 1. The Morgan fingerprint density at radius 1 is 1.44 bits per heavy atom. The van der Waals surface area contributed by atoms with E-state index in [1.807, 2.05) is 37.3 Å². The molecule has 0 radical (unpaired) electrons. The molecule has 0 saturated carbocycles. The largest absolute Gasteiger partial charge is 0.462 e. The highest BCUT2D eigenvalue weighted by molar-refractivity contribution is 5.93. The number of anilines is 1. The first-order chi connectivity index (χ1) is 8.72. The van der Waals surface area contributed by atoms with Crippen molar-refractivity contribution < 1.29 is 9.53 Å². The molecule has 0 saturated heterocycles. The van der Waals surface area contributed by atoms with Crippen LogP contribution in [0.3, 0.4) is 0 Å². The Balaban J connectivity index is 2.84. The number of ether oxygens (including phenoxy) is 1.